The molecule has 124 valence electrons. The fourth-order valence-electron chi connectivity index (χ4n) is 4.71. The van der Waals surface area contributed by atoms with E-state index >= 15 is 0 Å². The first-order chi connectivity index (χ1) is 11.0. The molecular weight excluding hydrogens is 284 g/mol. The van der Waals surface area contributed by atoms with Crippen LogP contribution in [0.15, 0.2) is 18.2 Å². The molecule has 0 atom stereocenters. The number of nitrogens with zero attached hydrogens (tertiary/aromatic N) is 1. The number of carbonyl (C=O) groups is 1. The summed E-state index contributed by atoms with van der Waals surface area (Å²) in [5.74, 6) is 0.392. The third-order valence-electron chi connectivity index (χ3n) is 6.38. The normalized spacial score (nSPS) is 24.9. The number of benzene rings is 1. The summed E-state index contributed by atoms with van der Waals surface area (Å²) in [6.45, 7) is 8.47. The summed E-state index contributed by atoms with van der Waals surface area (Å²) in [6.07, 6.45) is 5.69. The highest BCUT2D eigenvalue weighted by Crippen LogP contribution is 2.51. The molecule has 1 aromatic carbocycles. The highest BCUT2D eigenvalue weighted by Gasteiger charge is 2.54. The molecule has 0 unspecified atom stereocenters. The lowest BCUT2D eigenvalue weighted by molar-refractivity contribution is -0.136. The van der Waals surface area contributed by atoms with Gasteiger partial charge < -0.3 is 10.2 Å². The Morgan fingerprint density at radius 3 is 2.17 bits per heavy atom. The van der Waals surface area contributed by atoms with E-state index in [1.54, 1.807) is 0 Å². The van der Waals surface area contributed by atoms with Gasteiger partial charge in [-0.05, 0) is 63.5 Å². The smallest absolute Gasteiger partial charge is 0.233 e. The van der Waals surface area contributed by atoms with Gasteiger partial charge in [0.15, 0.2) is 0 Å². The second kappa shape index (κ2) is 5.34. The molecule has 4 rings (SSSR count). The van der Waals surface area contributed by atoms with Crippen LogP contribution < -0.4 is 5.32 Å². The summed E-state index contributed by atoms with van der Waals surface area (Å²) >= 11 is 0. The van der Waals surface area contributed by atoms with E-state index in [9.17, 15) is 4.79 Å². The van der Waals surface area contributed by atoms with Crippen molar-refractivity contribution in [2.24, 2.45) is 5.41 Å². The number of nitrogens with one attached hydrogen (secondary N) is 1. The molecule has 1 saturated carbocycles. The zero-order valence-corrected chi connectivity index (χ0v) is 14.5. The average molecular weight is 312 g/mol. The highest BCUT2D eigenvalue weighted by atomic mass is 16.2. The zero-order valence-electron chi connectivity index (χ0n) is 14.5. The number of hydrogen-bond donors (Lipinski definition) is 1. The molecule has 3 nitrogen and oxygen atoms in total. The van der Waals surface area contributed by atoms with E-state index in [0.717, 1.165) is 39.0 Å². The van der Waals surface area contributed by atoms with Crippen LogP contribution in [0.2, 0.25) is 0 Å². The minimum Gasteiger partial charge on any atom is -0.342 e. The van der Waals surface area contributed by atoms with Gasteiger partial charge in [-0.3, -0.25) is 4.79 Å². The van der Waals surface area contributed by atoms with Gasteiger partial charge >= 0.3 is 0 Å². The minimum absolute atomic E-state index is 0.199. The lowest BCUT2D eigenvalue weighted by Gasteiger charge is -2.40. The Hall–Kier alpha value is -1.35. The van der Waals surface area contributed by atoms with Crippen molar-refractivity contribution in [3.05, 3.63) is 34.9 Å². The predicted molar refractivity (Wildman–Crippen MR) is 92.6 cm³/mol. The van der Waals surface area contributed by atoms with Crippen LogP contribution in [0.3, 0.4) is 0 Å². The first-order valence-corrected chi connectivity index (χ1v) is 9.12. The van der Waals surface area contributed by atoms with Crippen molar-refractivity contribution in [3.63, 3.8) is 0 Å². The van der Waals surface area contributed by atoms with Gasteiger partial charge in [-0.2, -0.15) is 0 Å². The van der Waals surface area contributed by atoms with E-state index in [2.05, 4.69) is 42.3 Å². The molecule has 0 bridgehead atoms. The van der Waals surface area contributed by atoms with Crippen LogP contribution in [0.1, 0.15) is 48.8 Å². The molecule has 3 aliphatic rings. The summed E-state index contributed by atoms with van der Waals surface area (Å²) in [5, 5.41) is 3.50. The Morgan fingerprint density at radius 2 is 1.65 bits per heavy atom. The molecule has 1 aromatic rings. The summed E-state index contributed by atoms with van der Waals surface area (Å²) in [4.78, 5) is 15.4. The topological polar surface area (TPSA) is 32.3 Å². The monoisotopic (exact) mass is 312 g/mol. The summed E-state index contributed by atoms with van der Waals surface area (Å²) in [6, 6.07) is 6.65. The van der Waals surface area contributed by atoms with Crippen molar-refractivity contribution in [2.45, 2.75) is 51.4 Å². The molecule has 23 heavy (non-hydrogen) atoms. The van der Waals surface area contributed by atoms with Crippen molar-refractivity contribution >= 4 is 5.91 Å². The standard InChI is InChI=1S/C20H28N2O/c1-15-11-16(2)13-17(12-15)20(3-4-20)18(23)22-9-6-19(7-10-22)5-8-21-14-19/h11-13,21H,3-10,14H2,1-2H3. The molecule has 1 amide bonds. The van der Waals surface area contributed by atoms with Gasteiger partial charge in [-0.1, -0.05) is 29.3 Å². The fraction of sp³-hybridized carbons (Fsp3) is 0.650. The van der Waals surface area contributed by atoms with Crippen molar-refractivity contribution < 1.29 is 4.79 Å². The van der Waals surface area contributed by atoms with E-state index < -0.39 is 0 Å². The van der Waals surface area contributed by atoms with Crippen LogP contribution in [-0.2, 0) is 10.2 Å². The van der Waals surface area contributed by atoms with Gasteiger partial charge in [0.1, 0.15) is 0 Å². The first-order valence-electron chi connectivity index (χ1n) is 9.12. The van der Waals surface area contributed by atoms with Gasteiger partial charge in [0.2, 0.25) is 5.91 Å². The van der Waals surface area contributed by atoms with E-state index in [1.165, 1.54) is 36.0 Å². The number of carbonyl (C=O) groups excluding carboxylic acids is 1. The van der Waals surface area contributed by atoms with E-state index in [-0.39, 0.29) is 5.41 Å². The van der Waals surface area contributed by atoms with Gasteiger partial charge in [0, 0.05) is 19.6 Å². The largest absolute Gasteiger partial charge is 0.342 e. The van der Waals surface area contributed by atoms with Crippen LogP contribution in [-0.4, -0.2) is 37.0 Å². The Bertz CT molecular complexity index is 596. The maximum atomic E-state index is 13.2. The molecule has 1 N–H and O–H groups in total. The van der Waals surface area contributed by atoms with E-state index in [4.69, 9.17) is 0 Å². The Balaban J connectivity index is 1.50. The Labute approximate surface area is 139 Å². The Morgan fingerprint density at radius 1 is 1.00 bits per heavy atom. The van der Waals surface area contributed by atoms with Crippen LogP contribution in [0.4, 0.5) is 0 Å². The first kappa shape index (κ1) is 15.2. The molecule has 2 saturated heterocycles. The minimum atomic E-state index is -0.199. The predicted octanol–water partition coefficient (Wildman–Crippen LogP) is 2.94. The van der Waals surface area contributed by atoms with Crippen molar-refractivity contribution in [2.75, 3.05) is 26.2 Å². The molecule has 1 aliphatic carbocycles. The van der Waals surface area contributed by atoms with E-state index in [0.29, 0.717) is 11.3 Å². The Kier molecular flexibility index (Phi) is 3.53. The SMILES string of the molecule is Cc1cc(C)cc(C2(C(=O)N3CCC4(CCNC4)CC3)CC2)c1. The second-order valence-corrected chi connectivity index (χ2v) is 8.18. The molecule has 3 fully saturated rings. The van der Waals surface area contributed by atoms with Crippen molar-refractivity contribution in [1.29, 1.82) is 0 Å². The van der Waals surface area contributed by atoms with Gasteiger partial charge in [0.25, 0.3) is 0 Å². The van der Waals surface area contributed by atoms with Gasteiger partial charge in [0.05, 0.1) is 5.41 Å². The third-order valence-corrected chi connectivity index (χ3v) is 6.38. The number of piperidine rings is 1. The number of likely N-dealkylation sites (tertiary alicyclic amines) is 1. The number of rotatable bonds is 2. The lowest BCUT2D eigenvalue weighted by atomic mass is 9.77. The number of aryl methyl sites for hydroxylation is 2. The maximum Gasteiger partial charge on any atom is 0.233 e. The maximum absolute atomic E-state index is 13.2. The summed E-state index contributed by atoms with van der Waals surface area (Å²) < 4.78 is 0. The van der Waals surface area contributed by atoms with Crippen LogP contribution >= 0.6 is 0 Å². The number of hydrogen-bond acceptors (Lipinski definition) is 2. The van der Waals surface area contributed by atoms with E-state index in [1.807, 2.05) is 0 Å². The molecule has 3 heteroatoms. The summed E-state index contributed by atoms with van der Waals surface area (Å²) in [7, 11) is 0. The van der Waals surface area contributed by atoms with Crippen molar-refractivity contribution in [3.8, 4) is 0 Å². The summed E-state index contributed by atoms with van der Waals surface area (Å²) in [5.41, 5.74) is 4.08. The van der Waals surface area contributed by atoms with Crippen LogP contribution in [0.25, 0.3) is 0 Å². The quantitative estimate of drug-likeness (QED) is 0.910. The van der Waals surface area contributed by atoms with Crippen LogP contribution in [0.5, 0.6) is 0 Å². The molecule has 2 heterocycles. The lowest BCUT2D eigenvalue weighted by Crippen LogP contribution is -2.47. The van der Waals surface area contributed by atoms with Gasteiger partial charge in [-0.15, -0.1) is 0 Å². The fourth-order valence-corrected chi connectivity index (χ4v) is 4.71. The molecule has 2 aliphatic heterocycles. The zero-order chi connectivity index (χ0) is 16.1. The highest BCUT2D eigenvalue weighted by molar-refractivity contribution is 5.91. The number of amides is 1. The molecule has 1 spiro atoms. The second-order valence-electron chi connectivity index (χ2n) is 8.18. The molecule has 0 aromatic heterocycles. The third kappa shape index (κ3) is 2.59. The molecule has 0 radical (unpaired) electrons. The average Bonchev–Trinajstić information content (AvgIpc) is 3.23. The van der Waals surface area contributed by atoms with Gasteiger partial charge in [-0.25, -0.2) is 0 Å². The van der Waals surface area contributed by atoms with Crippen LogP contribution in [0, 0.1) is 19.3 Å². The molecular formula is C20H28N2O. The van der Waals surface area contributed by atoms with Crippen molar-refractivity contribution in [1.82, 2.24) is 10.2 Å².